The molecule has 8 heteroatoms. The van der Waals surface area contributed by atoms with E-state index < -0.39 is 29.5 Å². The fraction of sp³-hybridized carbons (Fsp3) is 0.222. The molecule has 2 rings (SSSR count). The number of hydrogen-bond donors (Lipinski definition) is 2. The molecule has 0 saturated carbocycles. The molecule has 0 bridgehead atoms. The van der Waals surface area contributed by atoms with Crippen LogP contribution in [0.25, 0.3) is 0 Å². The van der Waals surface area contributed by atoms with Crippen molar-refractivity contribution in [3.8, 4) is 0 Å². The van der Waals surface area contributed by atoms with Crippen LogP contribution in [0.1, 0.15) is 28.4 Å². The van der Waals surface area contributed by atoms with E-state index >= 15 is 0 Å². The van der Waals surface area contributed by atoms with Crippen LogP contribution in [-0.2, 0) is 17.4 Å². The Morgan fingerprint density at radius 1 is 1.15 bits per heavy atom. The summed E-state index contributed by atoms with van der Waals surface area (Å²) in [6, 6.07) is 8.61. The van der Waals surface area contributed by atoms with Crippen molar-refractivity contribution in [3.05, 3.63) is 64.2 Å². The minimum absolute atomic E-state index is 0.103. The van der Waals surface area contributed by atoms with E-state index in [1.54, 1.807) is 6.92 Å². The average Bonchev–Trinajstić information content (AvgIpc) is 2.55. The Bertz CT molecular complexity index is 819. The SMILES string of the molecule is CC(Cc1ccc(C(F)(F)F)cc1)C(=O)Nc1ccc(Cl)cc1C(=O)O. The first-order valence-electron chi connectivity index (χ1n) is 7.58. The summed E-state index contributed by atoms with van der Waals surface area (Å²) in [5, 5.41) is 11.9. The molecule has 1 amide bonds. The molecular weight excluding hydrogens is 371 g/mol. The Labute approximate surface area is 152 Å². The summed E-state index contributed by atoms with van der Waals surface area (Å²) in [7, 11) is 0. The monoisotopic (exact) mass is 385 g/mol. The number of carbonyl (C=O) groups excluding carboxylic acids is 1. The highest BCUT2D eigenvalue weighted by Crippen LogP contribution is 2.29. The topological polar surface area (TPSA) is 66.4 Å². The van der Waals surface area contributed by atoms with Crippen molar-refractivity contribution >= 4 is 29.2 Å². The van der Waals surface area contributed by atoms with Crippen molar-refractivity contribution in [2.75, 3.05) is 5.32 Å². The molecule has 0 fully saturated rings. The summed E-state index contributed by atoms with van der Waals surface area (Å²) in [4.78, 5) is 23.5. The van der Waals surface area contributed by atoms with Crippen molar-refractivity contribution in [1.29, 1.82) is 0 Å². The highest BCUT2D eigenvalue weighted by molar-refractivity contribution is 6.31. The lowest BCUT2D eigenvalue weighted by Gasteiger charge is -2.14. The summed E-state index contributed by atoms with van der Waals surface area (Å²) in [6.07, 6.45) is -4.21. The van der Waals surface area contributed by atoms with Gasteiger partial charge < -0.3 is 10.4 Å². The van der Waals surface area contributed by atoms with E-state index in [9.17, 15) is 22.8 Å². The van der Waals surface area contributed by atoms with Crippen molar-refractivity contribution in [2.45, 2.75) is 19.5 Å². The van der Waals surface area contributed by atoms with Gasteiger partial charge in [0, 0.05) is 10.9 Å². The Morgan fingerprint density at radius 3 is 2.31 bits per heavy atom. The van der Waals surface area contributed by atoms with Crippen molar-refractivity contribution < 1.29 is 27.9 Å². The van der Waals surface area contributed by atoms with Gasteiger partial charge in [-0.1, -0.05) is 30.7 Å². The molecule has 0 saturated heterocycles. The number of aromatic carboxylic acids is 1. The smallest absolute Gasteiger partial charge is 0.416 e. The average molecular weight is 386 g/mol. The maximum absolute atomic E-state index is 12.6. The normalized spacial score (nSPS) is 12.5. The van der Waals surface area contributed by atoms with E-state index in [0.717, 1.165) is 12.1 Å². The van der Waals surface area contributed by atoms with Gasteiger partial charge in [0.05, 0.1) is 16.8 Å². The number of halogens is 4. The van der Waals surface area contributed by atoms with E-state index in [4.69, 9.17) is 16.7 Å². The summed E-state index contributed by atoms with van der Waals surface area (Å²) in [6.45, 7) is 1.60. The summed E-state index contributed by atoms with van der Waals surface area (Å²) < 4.78 is 37.7. The second-order valence-electron chi connectivity index (χ2n) is 5.78. The highest BCUT2D eigenvalue weighted by Gasteiger charge is 2.30. The summed E-state index contributed by atoms with van der Waals surface area (Å²) in [5.74, 6) is -2.27. The zero-order valence-corrected chi connectivity index (χ0v) is 14.4. The molecule has 4 nitrogen and oxygen atoms in total. The number of benzene rings is 2. The highest BCUT2D eigenvalue weighted by atomic mass is 35.5. The Kier molecular flexibility index (Phi) is 5.92. The maximum atomic E-state index is 12.6. The van der Waals surface area contributed by atoms with Crippen LogP contribution in [-0.4, -0.2) is 17.0 Å². The van der Waals surface area contributed by atoms with E-state index in [1.807, 2.05) is 0 Å². The molecule has 0 spiro atoms. The van der Waals surface area contributed by atoms with Crippen LogP contribution >= 0.6 is 11.6 Å². The van der Waals surface area contributed by atoms with Gasteiger partial charge in [-0.25, -0.2) is 4.79 Å². The quantitative estimate of drug-likeness (QED) is 0.771. The Hall–Kier alpha value is -2.54. The fourth-order valence-corrected chi connectivity index (χ4v) is 2.51. The number of nitrogens with one attached hydrogen (secondary N) is 1. The molecular formula is C18H15ClF3NO3. The first kappa shape index (κ1) is 19.8. The van der Waals surface area contributed by atoms with Gasteiger partial charge in [-0.3, -0.25) is 4.79 Å². The largest absolute Gasteiger partial charge is 0.478 e. The summed E-state index contributed by atoms with van der Waals surface area (Å²) >= 11 is 5.76. The van der Waals surface area contributed by atoms with Gasteiger partial charge in [0.15, 0.2) is 0 Å². The predicted molar refractivity (Wildman–Crippen MR) is 91.4 cm³/mol. The van der Waals surface area contributed by atoms with Gasteiger partial charge in [-0.2, -0.15) is 13.2 Å². The minimum Gasteiger partial charge on any atom is -0.478 e. The van der Waals surface area contributed by atoms with Gasteiger partial charge in [-0.05, 0) is 42.3 Å². The van der Waals surface area contributed by atoms with E-state index in [1.165, 1.54) is 30.3 Å². The van der Waals surface area contributed by atoms with Crippen LogP contribution in [0.5, 0.6) is 0 Å². The third-order valence-electron chi connectivity index (χ3n) is 3.74. The molecule has 1 unspecified atom stereocenters. The first-order valence-corrected chi connectivity index (χ1v) is 7.95. The maximum Gasteiger partial charge on any atom is 0.416 e. The van der Waals surface area contributed by atoms with E-state index in [2.05, 4.69) is 5.32 Å². The van der Waals surface area contributed by atoms with Gasteiger partial charge in [0.2, 0.25) is 5.91 Å². The standard InChI is InChI=1S/C18H15ClF3NO3/c1-10(8-11-2-4-12(5-3-11)18(20,21)22)16(24)23-15-7-6-13(19)9-14(15)17(25)26/h2-7,9-10H,8H2,1H3,(H,23,24)(H,25,26). The number of rotatable bonds is 5. The molecule has 2 aromatic rings. The predicted octanol–water partition coefficient (Wildman–Crippen LogP) is 4.87. The number of alkyl halides is 3. The van der Waals surface area contributed by atoms with Gasteiger partial charge >= 0.3 is 12.1 Å². The lowest BCUT2D eigenvalue weighted by molar-refractivity contribution is -0.137. The number of anilines is 1. The molecule has 1 atom stereocenters. The molecule has 138 valence electrons. The number of amides is 1. The molecule has 0 heterocycles. The third kappa shape index (κ3) is 4.98. The fourth-order valence-electron chi connectivity index (χ4n) is 2.33. The molecule has 2 aromatic carbocycles. The van der Waals surface area contributed by atoms with Gasteiger partial charge in [-0.15, -0.1) is 0 Å². The second kappa shape index (κ2) is 7.78. The second-order valence-corrected chi connectivity index (χ2v) is 6.22. The summed E-state index contributed by atoms with van der Waals surface area (Å²) in [5.41, 5.74) is -0.236. The van der Waals surface area contributed by atoms with Crippen LogP contribution in [0, 0.1) is 5.92 Å². The number of hydrogen-bond acceptors (Lipinski definition) is 2. The number of carbonyl (C=O) groups is 2. The number of carboxylic acid groups (broad SMARTS) is 1. The Morgan fingerprint density at radius 2 is 1.77 bits per heavy atom. The van der Waals surface area contributed by atoms with Gasteiger partial charge in [0.1, 0.15) is 0 Å². The van der Waals surface area contributed by atoms with E-state index in [-0.39, 0.29) is 22.7 Å². The third-order valence-corrected chi connectivity index (χ3v) is 3.98. The van der Waals surface area contributed by atoms with Crippen LogP contribution < -0.4 is 5.32 Å². The zero-order valence-electron chi connectivity index (χ0n) is 13.6. The lowest BCUT2D eigenvalue weighted by atomic mass is 9.99. The van der Waals surface area contributed by atoms with Crippen molar-refractivity contribution in [3.63, 3.8) is 0 Å². The molecule has 2 N–H and O–H groups in total. The molecule has 0 aromatic heterocycles. The molecule has 0 aliphatic carbocycles. The Balaban J connectivity index is 2.08. The van der Waals surface area contributed by atoms with Crippen LogP contribution in [0.3, 0.4) is 0 Å². The van der Waals surface area contributed by atoms with Crippen LogP contribution in [0.4, 0.5) is 18.9 Å². The molecule has 26 heavy (non-hydrogen) atoms. The van der Waals surface area contributed by atoms with E-state index in [0.29, 0.717) is 5.56 Å². The van der Waals surface area contributed by atoms with Crippen LogP contribution in [0.15, 0.2) is 42.5 Å². The molecule has 0 aliphatic rings. The molecule has 0 radical (unpaired) electrons. The lowest BCUT2D eigenvalue weighted by Crippen LogP contribution is -2.23. The zero-order chi connectivity index (χ0) is 19.5. The van der Waals surface area contributed by atoms with Crippen molar-refractivity contribution in [2.24, 2.45) is 5.92 Å². The number of carboxylic acids is 1. The van der Waals surface area contributed by atoms with Gasteiger partial charge in [0.25, 0.3) is 0 Å². The van der Waals surface area contributed by atoms with Crippen molar-refractivity contribution in [1.82, 2.24) is 0 Å². The minimum atomic E-state index is -4.41. The molecule has 0 aliphatic heterocycles. The van der Waals surface area contributed by atoms with Crippen LogP contribution in [0.2, 0.25) is 5.02 Å². The first-order chi connectivity index (χ1) is 12.1.